The number of hydrogen-bond acceptors (Lipinski definition) is 6. The van der Waals surface area contributed by atoms with Crippen LogP contribution in [0.4, 0.5) is 5.13 Å². The van der Waals surface area contributed by atoms with Gasteiger partial charge in [0.1, 0.15) is 5.75 Å². The number of anilines is 1. The average molecular weight is 431 g/mol. The number of morpholine rings is 1. The van der Waals surface area contributed by atoms with Gasteiger partial charge < -0.3 is 14.4 Å². The summed E-state index contributed by atoms with van der Waals surface area (Å²) >= 11 is 1.61. The van der Waals surface area contributed by atoms with E-state index < -0.39 is 0 Å². The van der Waals surface area contributed by atoms with Gasteiger partial charge in [-0.25, -0.2) is 9.78 Å². The molecule has 1 aliphatic rings. The van der Waals surface area contributed by atoms with Crippen LogP contribution in [0.3, 0.4) is 0 Å². The van der Waals surface area contributed by atoms with E-state index in [1.807, 2.05) is 54.6 Å². The summed E-state index contributed by atoms with van der Waals surface area (Å²) in [5.74, 6) is 0.173. The maximum absolute atomic E-state index is 12.6. The predicted octanol–water partition coefficient (Wildman–Crippen LogP) is 4.94. The molecule has 31 heavy (non-hydrogen) atoms. The van der Waals surface area contributed by atoms with Crippen molar-refractivity contribution in [2.45, 2.75) is 6.42 Å². The molecule has 0 atom stereocenters. The summed E-state index contributed by atoms with van der Waals surface area (Å²) in [6, 6.07) is 23.5. The first kappa shape index (κ1) is 19.7. The fourth-order valence-electron chi connectivity index (χ4n) is 3.60. The minimum Gasteiger partial charge on any atom is -0.423 e. The van der Waals surface area contributed by atoms with Crippen molar-refractivity contribution in [3.63, 3.8) is 0 Å². The number of thiazole rings is 1. The van der Waals surface area contributed by atoms with Crippen LogP contribution in [-0.2, 0) is 11.2 Å². The molecule has 6 heteroatoms. The van der Waals surface area contributed by atoms with Crippen LogP contribution in [0, 0.1) is 0 Å². The molecule has 156 valence electrons. The summed E-state index contributed by atoms with van der Waals surface area (Å²) in [5.41, 5.74) is 3.85. The molecule has 0 spiro atoms. The van der Waals surface area contributed by atoms with Gasteiger partial charge in [0, 0.05) is 19.2 Å². The van der Waals surface area contributed by atoms with Crippen molar-refractivity contribution in [3.05, 3.63) is 89.5 Å². The molecule has 0 amide bonds. The van der Waals surface area contributed by atoms with Gasteiger partial charge in [0.25, 0.3) is 0 Å². The summed E-state index contributed by atoms with van der Waals surface area (Å²) in [6.45, 7) is 3.15. The average Bonchev–Trinajstić information content (AvgIpc) is 3.24. The highest BCUT2D eigenvalue weighted by Gasteiger charge is 2.16. The van der Waals surface area contributed by atoms with Crippen LogP contribution < -0.4 is 9.64 Å². The number of carbonyl (C=O) groups excluding carboxylic acids is 1. The lowest BCUT2D eigenvalue weighted by molar-refractivity contribution is 0.0735. The Hall–Kier alpha value is -3.22. The van der Waals surface area contributed by atoms with Crippen LogP contribution in [0.5, 0.6) is 5.75 Å². The zero-order valence-electron chi connectivity index (χ0n) is 17.0. The molecule has 0 N–H and O–H groups in total. The van der Waals surface area contributed by atoms with Crippen molar-refractivity contribution in [3.8, 4) is 5.75 Å². The Balaban J connectivity index is 1.27. The minimum absolute atomic E-state index is 0.358. The van der Waals surface area contributed by atoms with Gasteiger partial charge in [-0.15, -0.1) is 0 Å². The van der Waals surface area contributed by atoms with Gasteiger partial charge in [-0.05, 0) is 41.8 Å². The number of aromatic nitrogens is 1. The van der Waals surface area contributed by atoms with Crippen molar-refractivity contribution in [1.29, 1.82) is 0 Å². The molecule has 5 rings (SSSR count). The number of benzene rings is 3. The molecule has 0 radical (unpaired) electrons. The molecule has 0 bridgehead atoms. The zero-order valence-corrected chi connectivity index (χ0v) is 17.8. The van der Waals surface area contributed by atoms with Crippen LogP contribution in [-0.4, -0.2) is 37.3 Å². The van der Waals surface area contributed by atoms with Crippen molar-refractivity contribution >= 4 is 32.7 Å². The molecule has 1 fully saturated rings. The van der Waals surface area contributed by atoms with Gasteiger partial charge in [-0.3, -0.25) is 0 Å². The zero-order chi connectivity index (χ0) is 21.0. The van der Waals surface area contributed by atoms with Gasteiger partial charge in [0.15, 0.2) is 5.13 Å². The van der Waals surface area contributed by atoms with Crippen LogP contribution in [0.2, 0.25) is 0 Å². The van der Waals surface area contributed by atoms with E-state index in [2.05, 4.69) is 17.0 Å². The topological polar surface area (TPSA) is 51.7 Å². The molecule has 5 nitrogen and oxygen atoms in total. The number of nitrogens with zero attached hydrogens (tertiary/aromatic N) is 2. The second-order valence-electron chi connectivity index (χ2n) is 7.47. The molecule has 0 unspecified atom stereocenters. The highest BCUT2D eigenvalue weighted by molar-refractivity contribution is 7.22. The lowest BCUT2D eigenvalue weighted by Gasteiger charge is -2.25. The van der Waals surface area contributed by atoms with E-state index in [0.29, 0.717) is 11.3 Å². The molecule has 2 heterocycles. The van der Waals surface area contributed by atoms with Gasteiger partial charge in [-0.2, -0.15) is 0 Å². The first-order valence-electron chi connectivity index (χ1n) is 10.3. The Morgan fingerprint density at radius 1 is 0.968 bits per heavy atom. The first-order valence-corrected chi connectivity index (χ1v) is 11.1. The number of hydrogen-bond donors (Lipinski definition) is 0. The quantitative estimate of drug-likeness (QED) is 0.331. The number of fused-ring (bicyclic) bond motifs is 1. The van der Waals surface area contributed by atoms with E-state index in [1.165, 1.54) is 5.56 Å². The Labute approximate surface area is 184 Å². The molecule has 0 aliphatic carbocycles. The summed E-state index contributed by atoms with van der Waals surface area (Å²) < 4.78 is 12.0. The van der Waals surface area contributed by atoms with Crippen LogP contribution >= 0.6 is 11.3 Å². The molecule has 3 aromatic carbocycles. The van der Waals surface area contributed by atoms with E-state index in [9.17, 15) is 4.79 Å². The maximum Gasteiger partial charge on any atom is 0.343 e. The number of ether oxygens (including phenoxy) is 2. The third-order valence-corrected chi connectivity index (χ3v) is 6.36. The third-order valence-electron chi connectivity index (χ3n) is 5.28. The fraction of sp³-hybridized carbons (Fsp3) is 0.200. The van der Waals surface area contributed by atoms with Crippen molar-refractivity contribution in [2.24, 2.45) is 0 Å². The lowest BCUT2D eigenvalue weighted by Crippen LogP contribution is -2.36. The Morgan fingerprint density at radius 2 is 1.71 bits per heavy atom. The van der Waals surface area contributed by atoms with Crippen LogP contribution in [0.15, 0.2) is 72.8 Å². The highest BCUT2D eigenvalue weighted by atomic mass is 32.1. The van der Waals surface area contributed by atoms with E-state index in [0.717, 1.165) is 53.6 Å². The Morgan fingerprint density at radius 3 is 2.48 bits per heavy atom. The van der Waals surface area contributed by atoms with E-state index in [1.54, 1.807) is 17.4 Å². The number of carbonyl (C=O) groups is 1. The largest absolute Gasteiger partial charge is 0.423 e. The second-order valence-corrected chi connectivity index (χ2v) is 8.48. The molecule has 0 saturated carbocycles. The summed E-state index contributed by atoms with van der Waals surface area (Å²) in [6.07, 6.45) is 0.837. The van der Waals surface area contributed by atoms with Crippen molar-refractivity contribution in [2.75, 3.05) is 31.2 Å². The van der Waals surface area contributed by atoms with Crippen molar-refractivity contribution < 1.29 is 14.3 Å². The predicted molar refractivity (Wildman–Crippen MR) is 123 cm³/mol. The normalized spacial score (nSPS) is 14.0. The van der Waals surface area contributed by atoms with Gasteiger partial charge >= 0.3 is 5.97 Å². The summed E-state index contributed by atoms with van der Waals surface area (Å²) in [5, 5.41) is 0.982. The standard InChI is InChI=1S/C25H22N2O3S/c28-24(20-8-6-19(7-9-20)16-18-4-2-1-3-5-18)30-21-10-11-22-23(17-21)31-25(26-22)27-12-14-29-15-13-27/h1-11,17H,12-16H2. The van der Waals surface area contributed by atoms with Gasteiger partial charge in [-0.1, -0.05) is 53.8 Å². The minimum atomic E-state index is -0.358. The van der Waals surface area contributed by atoms with Crippen LogP contribution in [0.25, 0.3) is 10.2 Å². The molecule has 4 aromatic rings. The Kier molecular flexibility index (Phi) is 5.65. The molecule has 1 aliphatic heterocycles. The highest BCUT2D eigenvalue weighted by Crippen LogP contribution is 2.32. The second kappa shape index (κ2) is 8.88. The van der Waals surface area contributed by atoms with E-state index >= 15 is 0 Å². The molecule has 1 saturated heterocycles. The monoisotopic (exact) mass is 430 g/mol. The lowest BCUT2D eigenvalue weighted by atomic mass is 10.0. The molecular formula is C25H22N2O3S. The van der Waals surface area contributed by atoms with E-state index in [4.69, 9.17) is 14.5 Å². The Bertz CT molecular complexity index is 1180. The summed E-state index contributed by atoms with van der Waals surface area (Å²) in [4.78, 5) is 19.6. The van der Waals surface area contributed by atoms with Crippen LogP contribution in [0.1, 0.15) is 21.5 Å². The molecule has 1 aromatic heterocycles. The first-order chi connectivity index (χ1) is 15.2. The van der Waals surface area contributed by atoms with E-state index in [-0.39, 0.29) is 5.97 Å². The van der Waals surface area contributed by atoms with Gasteiger partial charge in [0.05, 0.1) is 29.0 Å². The fourth-order valence-corrected chi connectivity index (χ4v) is 4.65. The molecular weight excluding hydrogens is 408 g/mol. The van der Waals surface area contributed by atoms with Crippen molar-refractivity contribution in [1.82, 2.24) is 4.98 Å². The summed E-state index contributed by atoms with van der Waals surface area (Å²) in [7, 11) is 0. The third kappa shape index (κ3) is 4.60. The maximum atomic E-state index is 12.6. The number of esters is 1. The number of rotatable bonds is 5. The smallest absolute Gasteiger partial charge is 0.343 e. The SMILES string of the molecule is O=C(Oc1ccc2nc(N3CCOCC3)sc2c1)c1ccc(Cc2ccccc2)cc1. The van der Waals surface area contributed by atoms with Gasteiger partial charge in [0.2, 0.25) is 0 Å².